The number of aliphatic hydroxyl groups excluding tert-OH is 1. The number of hydrogen-bond donors (Lipinski definition) is 1. The van der Waals surface area contributed by atoms with Crippen LogP contribution in [0, 0.1) is 13.8 Å². The standard InChI is InChI=1S/C19H20O3/c1-12-9-15(22-8-7-21-3)10-13(2)18(12)16-6-4-5-14-11-17(20)19(14)16/h4-6,9-11,20H,7-8H2,1-3H3. The number of methoxy groups -OCH3 is 1. The highest BCUT2D eigenvalue weighted by molar-refractivity contribution is 5.99. The summed E-state index contributed by atoms with van der Waals surface area (Å²) in [6, 6.07) is 10.2. The molecule has 0 saturated carbocycles. The molecule has 0 saturated heterocycles. The Balaban J connectivity index is 1.98. The monoisotopic (exact) mass is 296 g/mol. The maximum Gasteiger partial charge on any atom is 0.124 e. The molecule has 0 aliphatic heterocycles. The van der Waals surface area contributed by atoms with Gasteiger partial charge in [-0.25, -0.2) is 0 Å². The molecule has 3 rings (SSSR count). The van der Waals surface area contributed by atoms with E-state index in [0.29, 0.717) is 19.0 Å². The minimum absolute atomic E-state index is 0.366. The summed E-state index contributed by atoms with van der Waals surface area (Å²) in [6.45, 7) is 5.26. The van der Waals surface area contributed by atoms with Crippen molar-refractivity contribution in [2.75, 3.05) is 20.3 Å². The van der Waals surface area contributed by atoms with Crippen molar-refractivity contribution in [1.29, 1.82) is 0 Å². The van der Waals surface area contributed by atoms with E-state index in [1.807, 2.05) is 24.3 Å². The zero-order valence-corrected chi connectivity index (χ0v) is 13.1. The molecular formula is C19H20O3. The Kier molecular flexibility index (Phi) is 3.90. The van der Waals surface area contributed by atoms with Crippen molar-refractivity contribution < 1.29 is 14.6 Å². The number of ether oxygens (including phenoxy) is 2. The van der Waals surface area contributed by atoms with Gasteiger partial charge in [-0.3, -0.25) is 0 Å². The molecule has 2 aromatic rings. The Hall–Kier alpha value is -2.26. The molecule has 1 N–H and O–H groups in total. The van der Waals surface area contributed by atoms with Crippen LogP contribution < -0.4 is 4.74 Å². The third kappa shape index (κ3) is 2.48. The second kappa shape index (κ2) is 5.85. The summed E-state index contributed by atoms with van der Waals surface area (Å²) in [5.41, 5.74) is 6.56. The fraction of sp³-hybridized carbons (Fsp3) is 0.263. The first-order chi connectivity index (χ1) is 10.6. The van der Waals surface area contributed by atoms with Gasteiger partial charge in [0.2, 0.25) is 0 Å². The van der Waals surface area contributed by atoms with Gasteiger partial charge in [0.1, 0.15) is 18.1 Å². The van der Waals surface area contributed by atoms with E-state index in [0.717, 1.165) is 39.1 Å². The van der Waals surface area contributed by atoms with Crippen molar-refractivity contribution in [3.05, 3.63) is 52.6 Å². The predicted molar refractivity (Wildman–Crippen MR) is 89.2 cm³/mol. The van der Waals surface area contributed by atoms with E-state index in [4.69, 9.17) is 9.47 Å². The Morgan fingerprint density at radius 3 is 2.36 bits per heavy atom. The van der Waals surface area contributed by atoms with Crippen molar-refractivity contribution in [3.63, 3.8) is 0 Å². The molecule has 0 fully saturated rings. The maximum absolute atomic E-state index is 9.94. The molecule has 0 unspecified atom stereocenters. The Bertz CT molecular complexity index is 721. The summed E-state index contributed by atoms with van der Waals surface area (Å²) in [6.07, 6.45) is 1.80. The van der Waals surface area contributed by atoms with Crippen LogP contribution in [0.4, 0.5) is 0 Å². The fourth-order valence-corrected chi connectivity index (χ4v) is 3.00. The average Bonchev–Trinajstić information content (AvgIpc) is 2.45. The van der Waals surface area contributed by atoms with Crippen molar-refractivity contribution in [3.8, 4) is 16.9 Å². The predicted octanol–water partition coefficient (Wildman–Crippen LogP) is 4.37. The lowest BCUT2D eigenvalue weighted by molar-refractivity contribution is 0.146. The molecule has 0 radical (unpaired) electrons. The molecule has 0 bridgehead atoms. The van der Waals surface area contributed by atoms with E-state index in [1.54, 1.807) is 13.2 Å². The summed E-state index contributed by atoms with van der Waals surface area (Å²) in [5.74, 6) is 1.22. The van der Waals surface area contributed by atoms with Gasteiger partial charge in [-0.2, -0.15) is 0 Å². The van der Waals surface area contributed by atoms with E-state index >= 15 is 0 Å². The van der Waals surface area contributed by atoms with E-state index < -0.39 is 0 Å². The number of hydrogen-bond acceptors (Lipinski definition) is 3. The minimum atomic E-state index is 0.366. The third-order valence-electron chi connectivity index (χ3n) is 3.98. The van der Waals surface area contributed by atoms with Gasteiger partial charge in [-0.15, -0.1) is 0 Å². The van der Waals surface area contributed by atoms with Crippen LogP contribution in [0.3, 0.4) is 0 Å². The van der Waals surface area contributed by atoms with Crippen LogP contribution in [-0.2, 0) is 4.74 Å². The van der Waals surface area contributed by atoms with Gasteiger partial charge >= 0.3 is 0 Å². The highest BCUT2D eigenvalue weighted by Crippen LogP contribution is 2.41. The molecule has 1 aliphatic carbocycles. The molecule has 1 aliphatic rings. The van der Waals surface area contributed by atoms with Crippen molar-refractivity contribution in [1.82, 2.24) is 0 Å². The number of rotatable bonds is 5. The quantitative estimate of drug-likeness (QED) is 0.833. The highest BCUT2D eigenvalue weighted by Gasteiger charge is 2.22. The number of aliphatic hydroxyl groups is 1. The van der Waals surface area contributed by atoms with Gasteiger partial charge in [0.15, 0.2) is 0 Å². The molecule has 2 aromatic carbocycles. The molecule has 3 nitrogen and oxygen atoms in total. The molecule has 22 heavy (non-hydrogen) atoms. The molecule has 0 amide bonds. The van der Waals surface area contributed by atoms with E-state index in [9.17, 15) is 5.11 Å². The SMILES string of the molecule is COCCOc1cc(C)c(-c2cccc3c2C(O)=C3)c(C)c1. The first-order valence-corrected chi connectivity index (χ1v) is 7.39. The van der Waals surface area contributed by atoms with E-state index in [-0.39, 0.29) is 0 Å². The van der Waals surface area contributed by atoms with Crippen LogP contribution in [-0.4, -0.2) is 25.4 Å². The van der Waals surface area contributed by atoms with Gasteiger partial charge in [-0.1, -0.05) is 18.2 Å². The average molecular weight is 296 g/mol. The zero-order valence-electron chi connectivity index (χ0n) is 13.1. The second-order valence-corrected chi connectivity index (χ2v) is 5.57. The minimum Gasteiger partial charge on any atom is -0.507 e. The van der Waals surface area contributed by atoms with Gasteiger partial charge < -0.3 is 14.6 Å². The number of aryl methyl sites for hydroxylation is 2. The van der Waals surface area contributed by atoms with Crippen LogP contribution in [0.5, 0.6) is 5.75 Å². The van der Waals surface area contributed by atoms with Crippen LogP contribution in [0.15, 0.2) is 30.3 Å². The third-order valence-corrected chi connectivity index (χ3v) is 3.98. The second-order valence-electron chi connectivity index (χ2n) is 5.57. The summed E-state index contributed by atoms with van der Waals surface area (Å²) in [7, 11) is 1.66. The molecular weight excluding hydrogens is 276 g/mol. The number of benzene rings is 2. The Morgan fingerprint density at radius 2 is 1.73 bits per heavy atom. The normalized spacial score (nSPS) is 12.4. The van der Waals surface area contributed by atoms with Crippen LogP contribution in [0.25, 0.3) is 23.0 Å². The van der Waals surface area contributed by atoms with Gasteiger partial charge in [0, 0.05) is 12.7 Å². The maximum atomic E-state index is 9.94. The van der Waals surface area contributed by atoms with Crippen molar-refractivity contribution in [2.45, 2.75) is 13.8 Å². The smallest absolute Gasteiger partial charge is 0.124 e. The molecule has 114 valence electrons. The lowest BCUT2D eigenvalue weighted by Crippen LogP contribution is -2.06. The van der Waals surface area contributed by atoms with Crippen LogP contribution >= 0.6 is 0 Å². The van der Waals surface area contributed by atoms with E-state index in [2.05, 4.69) is 19.9 Å². The fourth-order valence-electron chi connectivity index (χ4n) is 3.00. The summed E-state index contributed by atoms with van der Waals surface area (Å²) in [5, 5.41) is 9.94. The lowest BCUT2D eigenvalue weighted by atomic mass is 9.84. The van der Waals surface area contributed by atoms with Crippen molar-refractivity contribution in [2.24, 2.45) is 0 Å². The molecule has 0 aromatic heterocycles. The van der Waals surface area contributed by atoms with Crippen molar-refractivity contribution >= 4 is 11.8 Å². The largest absolute Gasteiger partial charge is 0.507 e. The van der Waals surface area contributed by atoms with Crippen LogP contribution in [0.2, 0.25) is 0 Å². The molecule has 0 heterocycles. The van der Waals surface area contributed by atoms with Gasteiger partial charge in [0.25, 0.3) is 0 Å². The summed E-state index contributed by atoms with van der Waals surface area (Å²) >= 11 is 0. The van der Waals surface area contributed by atoms with Crippen LogP contribution in [0.1, 0.15) is 22.3 Å². The Morgan fingerprint density at radius 1 is 1.00 bits per heavy atom. The Labute approximate surface area is 130 Å². The highest BCUT2D eigenvalue weighted by atomic mass is 16.5. The first kappa shape index (κ1) is 14.7. The lowest BCUT2D eigenvalue weighted by Gasteiger charge is -2.22. The van der Waals surface area contributed by atoms with Gasteiger partial charge in [-0.05, 0) is 59.9 Å². The molecule has 0 atom stereocenters. The van der Waals surface area contributed by atoms with E-state index in [1.165, 1.54) is 0 Å². The topological polar surface area (TPSA) is 38.7 Å². The summed E-state index contributed by atoms with van der Waals surface area (Å²) < 4.78 is 10.7. The first-order valence-electron chi connectivity index (χ1n) is 7.39. The zero-order chi connectivity index (χ0) is 15.7. The van der Waals surface area contributed by atoms with Gasteiger partial charge in [0.05, 0.1) is 6.61 Å². The summed E-state index contributed by atoms with van der Waals surface area (Å²) in [4.78, 5) is 0. The molecule has 0 spiro atoms. The number of fused-ring (bicyclic) bond motifs is 1. The molecule has 3 heteroatoms.